The highest BCUT2D eigenvalue weighted by atomic mass is 16.6. The van der Waals surface area contributed by atoms with Gasteiger partial charge >= 0.3 is 6.09 Å². The van der Waals surface area contributed by atoms with Crippen molar-refractivity contribution < 1.29 is 14.6 Å². The number of benzene rings is 1. The Kier molecular flexibility index (Phi) is 6.00. The third-order valence-corrected chi connectivity index (χ3v) is 6.50. The lowest BCUT2D eigenvalue weighted by Crippen LogP contribution is -2.49. The van der Waals surface area contributed by atoms with Crippen LogP contribution in [-0.4, -0.2) is 72.1 Å². The van der Waals surface area contributed by atoms with Crippen molar-refractivity contribution in [1.29, 1.82) is 0 Å². The van der Waals surface area contributed by atoms with Gasteiger partial charge in [-0.15, -0.1) is 0 Å². The van der Waals surface area contributed by atoms with Crippen LogP contribution in [0, 0.1) is 0 Å². The first kappa shape index (κ1) is 24.3. The number of ether oxygens (including phenoxy) is 1. The smallest absolute Gasteiger partial charge is 0.410 e. The predicted molar refractivity (Wildman–Crippen MR) is 139 cm³/mol. The summed E-state index contributed by atoms with van der Waals surface area (Å²) in [6.45, 7) is 12.6. The van der Waals surface area contributed by atoms with Gasteiger partial charge in [0.1, 0.15) is 11.4 Å². The second kappa shape index (κ2) is 8.90. The summed E-state index contributed by atoms with van der Waals surface area (Å²) in [5.41, 5.74) is 3.99. The number of aromatic nitrogens is 4. The van der Waals surface area contributed by atoms with Crippen LogP contribution >= 0.6 is 0 Å². The van der Waals surface area contributed by atoms with E-state index in [9.17, 15) is 9.90 Å². The minimum absolute atomic E-state index is 0.259. The lowest BCUT2D eigenvalue weighted by Gasteiger charge is -2.35. The van der Waals surface area contributed by atoms with Gasteiger partial charge in [-0.25, -0.2) is 14.8 Å². The zero-order valence-electron chi connectivity index (χ0n) is 21.6. The van der Waals surface area contributed by atoms with E-state index in [0.29, 0.717) is 19.6 Å². The maximum atomic E-state index is 12.5. The summed E-state index contributed by atoms with van der Waals surface area (Å²) in [5.74, 6) is 0.921. The highest BCUT2D eigenvalue weighted by molar-refractivity contribution is 5.84. The van der Waals surface area contributed by atoms with E-state index in [2.05, 4.69) is 19.3 Å². The first-order chi connectivity index (χ1) is 17.0. The maximum absolute atomic E-state index is 12.5. The summed E-state index contributed by atoms with van der Waals surface area (Å²) in [6.07, 6.45) is 3.48. The van der Waals surface area contributed by atoms with Crippen molar-refractivity contribution in [2.75, 3.05) is 26.2 Å². The summed E-state index contributed by atoms with van der Waals surface area (Å²) in [5, 5.41) is 10.3. The average molecular weight is 491 g/mol. The molecule has 0 unspecified atom stereocenters. The van der Waals surface area contributed by atoms with Crippen molar-refractivity contribution in [2.45, 2.75) is 52.4 Å². The normalized spacial score (nSPS) is 15.7. The van der Waals surface area contributed by atoms with E-state index < -0.39 is 11.2 Å². The average Bonchev–Trinajstić information content (AvgIpc) is 3.42. The number of nitrogens with zero attached hydrogens (tertiary/aromatic N) is 5. The second-order valence-corrected chi connectivity index (χ2v) is 10.9. The number of hydrogen-bond donors (Lipinski definition) is 2. The summed E-state index contributed by atoms with van der Waals surface area (Å²) in [6, 6.07) is 9.90. The van der Waals surface area contributed by atoms with E-state index in [4.69, 9.17) is 9.72 Å². The Morgan fingerprint density at radius 1 is 1.03 bits per heavy atom. The van der Waals surface area contributed by atoms with E-state index in [1.807, 2.05) is 63.5 Å². The molecular formula is C27H34N6O3. The van der Waals surface area contributed by atoms with E-state index in [-0.39, 0.29) is 6.09 Å². The Labute approximate surface area is 210 Å². The van der Waals surface area contributed by atoms with Crippen LogP contribution in [0.15, 0.2) is 42.7 Å². The van der Waals surface area contributed by atoms with E-state index in [1.165, 1.54) is 0 Å². The third-order valence-electron chi connectivity index (χ3n) is 6.50. The van der Waals surface area contributed by atoms with Crippen molar-refractivity contribution in [3.8, 4) is 11.3 Å². The van der Waals surface area contributed by atoms with Gasteiger partial charge in [0.2, 0.25) is 0 Å². The lowest BCUT2D eigenvalue weighted by atomic mass is 9.97. The first-order valence-electron chi connectivity index (χ1n) is 12.4. The fraction of sp³-hybridized carbons (Fsp3) is 0.444. The second-order valence-electron chi connectivity index (χ2n) is 10.9. The summed E-state index contributed by atoms with van der Waals surface area (Å²) < 4.78 is 7.70. The van der Waals surface area contributed by atoms with Gasteiger partial charge in [-0.2, -0.15) is 0 Å². The number of H-pyrrole nitrogens is 1. The number of piperazine rings is 1. The standard InChI is InChI=1S/C27H34N6O3/c1-26(2,3)36-25(34)32-14-12-31(13-15-32)17-22-30-23(18-6-8-19(9-7-18)27(4,5)35)21-16-29-24-20(33(21)22)10-11-28-24/h6-11,16,28,35H,12-15,17H2,1-5H3. The van der Waals surface area contributed by atoms with Crippen molar-refractivity contribution in [3.63, 3.8) is 0 Å². The molecule has 1 fully saturated rings. The van der Waals surface area contributed by atoms with Crippen molar-refractivity contribution >= 4 is 22.8 Å². The summed E-state index contributed by atoms with van der Waals surface area (Å²) in [7, 11) is 0. The molecule has 1 aromatic carbocycles. The van der Waals surface area contributed by atoms with Crippen LogP contribution in [-0.2, 0) is 16.9 Å². The number of fused-ring (bicyclic) bond motifs is 3. The molecule has 1 amide bonds. The monoisotopic (exact) mass is 490 g/mol. The van der Waals surface area contributed by atoms with Crippen LogP contribution < -0.4 is 0 Å². The molecule has 9 nitrogen and oxygen atoms in total. The number of rotatable bonds is 4. The Balaban J connectivity index is 1.43. The SMILES string of the molecule is CC(C)(C)OC(=O)N1CCN(Cc2nc(-c3ccc(C(C)(C)O)cc3)c3cnc4[nH]ccc4n23)CC1. The number of amides is 1. The van der Waals surface area contributed by atoms with Crippen molar-refractivity contribution in [3.05, 3.63) is 54.1 Å². The summed E-state index contributed by atoms with van der Waals surface area (Å²) in [4.78, 5) is 29.4. The molecular weight excluding hydrogens is 456 g/mol. The van der Waals surface area contributed by atoms with Crippen molar-refractivity contribution in [1.82, 2.24) is 29.2 Å². The topological polar surface area (TPSA) is 99.0 Å². The summed E-state index contributed by atoms with van der Waals surface area (Å²) >= 11 is 0. The van der Waals surface area contributed by atoms with Crippen LogP contribution in [0.2, 0.25) is 0 Å². The van der Waals surface area contributed by atoms with Crippen LogP contribution in [0.25, 0.3) is 27.9 Å². The Morgan fingerprint density at radius 3 is 2.36 bits per heavy atom. The molecule has 1 saturated heterocycles. The fourth-order valence-electron chi connectivity index (χ4n) is 4.60. The number of carbonyl (C=O) groups is 1. The third kappa shape index (κ3) is 4.81. The molecule has 2 N–H and O–H groups in total. The van der Waals surface area contributed by atoms with Gasteiger partial charge in [0.15, 0.2) is 5.65 Å². The van der Waals surface area contributed by atoms with Gasteiger partial charge in [-0.05, 0) is 46.2 Å². The van der Waals surface area contributed by atoms with Crippen LogP contribution in [0.4, 0.5) is 4.79 Å². The number of nitrogens with one attached hydrogen (secondary N) is 1. The molecule has 0 saturated carbocycles. The molecule has 190 valence electrons. The number of imidazole rings is 1. The minimum atomic E-state index is -0.903. The van der Waals surface area contributed by atoms with E-state index in [1.54, 1.807) is 18.7 Å². The first-order valence-corrected chi connectivity index (χ1v) is 12.4. The minimum Gasteiger partial charge on any atom is -0.444 e. The van der Waals surface area contributed by atoms with Gasteiger partial charge in [-0.1, -0.05) is 24.3 Å². The number of carbonyl (C=O) groups excluding carboxylic acids is 1. The molecule has 4 aromatic rings. The van der Waals surface area contributed by atoms with Gasteiger partial charge in [0.05, 0.1) is 35.1 Å². The van der Waals surface area contributed by atoms with E-state index >= 15 is 0 Å². The molecule has 9 heteroatoms. The van der Waals surface area contributed by atoms with Gasteiger partial charge in [-0.3, -0.25) is 9.30 Å². The van der Waals surface area contributed by atoms with Crippen molar-refractivity contribution in [2.24, 2.45) is 0 Å². The molecule has 36 heavy (non-hydrogen) atoms. The Hall–Kier alpha value is -3.43. The van der Waals surface area contributed by atoms with Crippen LogP contribution in [0.5, 0.6) is 0 Å². The van der Waals surface area contributed by atoms with Gasteiger partial charge in [0, 0.05) is 37.9 Å². The van der Waals surface area contributed by atoms with Gasteiger partial charge in [0.25, 0.3) is 0 Å². The largest absolute Gasteiger partial charge is 0.444 e. The molecule has 3 aromatic heterocycles. The Bertz CT molecular complexity index is 1380. The van der Waals surface area contributed by atoms with Crippen LogP contribution in [0.1, 0.15) is 46.0 Å². The molecule has 1 aliphatic rings. The zero-order chi connectivity index (χ0) is 25.7. The molecule has 0 bridgehead atoms. The molecule has 4 heterocycles. The molecule has 5 rings (SSSR count). The molecule has 1 aliphatic heterocycles. The molecule has 0 aliphatic carbocycles. The van der Waals surface area contributed by atoms with Crippen LogP contribution in [0.3, 0.4) is 0 Å². The highest BCUT2D eigenvalue weighted by Gasteiger charge is 2.27. The molecule has 0 radical (unpaired) electrons. The number of aromatic amines is 1. The molecule has 0 spiro atoms. The highest BCUT2D eigenvalue weighted by Crippen LogP contribution is 2.30. The number of aliphatic hydroxyl groups is 1. The van der Waals surface area contributed by atoms with E-state index in [0.717, 1.165) is 52.4 Å². The molecule has 0 atom stereocenters. The lowest BCUT2D eigenvalue weighted by molar-refractivity contribution is 0.0137. The van der Waals surface area contributed by atoms with Gasteiger partial charge < -0.3 is 19.7 Å². The maximum Gasteiger partial charge on any atom is 0.410 e. The zero-order valence-corrected chi connectivity index (χ0v) is 21.6. The predicted octanol–water partition coefficient (Wildman–Crippen LogP) is 4.16. The fourth-order valence-corrected chi connectivity index (χ4v) is 4.60. The number of hydrogen-bond acceptors (Lipinski definition) is 6. The Morgan fingerprint density at radius 2 is 1.72 bits per heavy atom. The quantitative estimate of drug-likeness (QED) is 0.446.